The molecule has 1 aromatic carbocycles. The summed E-state index contributed by atoms with van der Waals surface area (Å²) in [6.07, 6.45) is 4.25. The maximum absolute atomic E-state index is 13.9. The van der Waals surface area contributed by atoms with E-state index in [1.54, 1.807) is 30.2 Å². The topological polar surface area (TPSA) is 98.6 Å². The molecule has 4 unspecified atom stereocenters. The van der Waals surface area contributed by atoms with E-state index in [2.05, 4.69) is 30.3 Å². The SMILES string of the molecule is COC1CN(CCC2CC34N(C)C(=O)[C@@H](NC(=O)c5ncn(Cc6ccccc6F)n5)CCN3N24)C1. The number of aromatic nitrogens is 3. The molecule has 4 aliphatic heterocycles. The zero-order chi connectivity index (χ0) is 25.0. The van der Waals surface area contributed by atoms with Gasteiger partial charge >= 0.3 is 0 Å². The summed E-state index contributed by atoms with van der Waals surface area (Å²) in [5, 5.41) is 11.6. The minimum absolute atomic E-state index is 0.0401. The molecule has 1 N–H and O–H groups in total. The van der Waals surface area contributed by atoms with E-state index in [9.17, 15) is 14.0 Å². The second-order valence-corrected chi connectivity index (χ2v) is 10.1. The molecule has 192 valence electrons. The van der Waals surface area contributed by atoms with Gasteiger partial charge in [-0.25, -0.2) is 14.1 Å². The number of hydrazine groups is 1. The molecular formula is C24H31FN8O3. The van der Waals surface area contributed by atoms with Gasteiger partial charge in [-0.15, -0.1) is 5.10 Å². The van der Waals surface area contributed by atoms with Crippen LogP contribution in [0.15, 0.2) is 30.6 Å². The molecule has 0 bridgehead atoms. The number of carbonyl (C=O) groups excluding carboxylic acids is 2. The summed E-state index contributed by atoms with van der Waals surface area (Å²) in [5.41, 5.74) is 0.454. The maximum Gasteiger partial charge on any atom is 0.291 e. The van der Waals surface area contributed by atoms with E-state index >= 15 is 0 Å². The average molecular weight is 499 g/mol. The molecular weight excluding hydrogens is 467 g/mol. The number of rotatable bonds is 8. The van der Waals surface area contributed by atoms with Crippen LogP contribution in [-0.2, 0) is 16.1 Å². The Hall–Kier alpha value is -2.93. The molecule has 36 heavy (non-hydrogen) atoms. The van der Waals surface area contributed by atoms with Crippen molar-refractivity contribution in [3.8, 4) is 0 Å². The number of nitrogens with zero attached hydrogens (tertiary/aromatic N) is 7. The van der Waals surface area contributed by atoms with Crippen LogP contribution < -0.4 is 5.32 Å². The van der Waals surface area contributed by atoms with Gasteiger partial charge < -0.3 is 15.0 Å². The molecule has 6 rings (SSSR count). The zero-order valence-corrected chi connectivity index (χ0v) is 20.5. The second-order valence-electron chi connectivity index (χ2n) is 10.1. The van der Waals surface area contributed by atoms with E-state index in [4.69, 9.17) is 4.74 Å². The number of hydrogen-bond acceptors (Lipinski definition) is 8. The van der Waals surface area contributed by atoms with Gasteiger partial charge in [-0.05, 0) is 25.5 Å². The number of amides is 2. The fourth-order valence-corrected chi connectivity index (χ4v) is 5.86. The number of likely N-dealkylation sites (N-methyl/N-ethyl adjacent to an activating group) is 1. The monoisotopic (exact) mass is 498 g/mol. The predicted octanol–water partition coefficient (Wildman–Crippen LogP) is 0.105. The second kappa shape index (κ2) is 8.87. The van der Waals surface area contributed by atoms with Crippen molar-refractivity contribution in [1.29, 1.82) is 0 Å². The van der Waals surface area contributed by atoms with Crippen LogP contribution in [0.2, 0.25) is 0 Å². The first kappa shape index (κ1) is 23.5. The van der Waals surface area contributed by atoms with E-state index in [0.29, 0.717) is 30.7 Å². The highest BCUT2D eigenvalue weighted by Gasteiger charge is 2.76. The van der Waals surface area contributed by atoms with E-state index in [1.165, 1.54) is 17.1 Å². The molecule has 2 aromatic rings. The third-order valence-electron chi connectivity index (χ3n) is 8.02. The lowest BCUT2D eigenvalue weighted by Crippen LogP contribution is -2.59. The van der Waals surface area contributed by atoms with Gasteiger partial charge in [-0.3, -0.25) is 14.5 Å². The summed E-state index contributed by atoms with van der Waals surface area (Å²) in [6, 6.07) is 6.20. The van der Waals surface area contributed by atoms with E-state index < -0.39 is 11.9 Å². The first-order valence-electron chi connectivity index (χ1n) is 12.4. The van der Waals surface area contributed by atoms with Crippen LogP contribution in [0.5, 0.6) is 0 Å². The highest BCUT2D eigenvalue weighted by atomic mass is 19.1. The number of fused-ring (bicyclic) bond motifs is 1. The Morgan fingerprint density at radius 2 is 2.11 bits per heavy atom. The molecule has 12 heteroatoms. The molecule has 2 amide bonds. The van der Waals surface area contributed by atoms with Gasteiger partial charge in [0, 0.05) is 51.8 Å². The molecule has 0 radical (unpaired) electrons. The standard InChI is InChI=1S/C24H31FN8O3/c1-29-23(35)20(27-22(34)21-26-15-31(28-21)12-16-5-3-4-6-19(16)25)8-10-32-24(29)11-17(33(24)32)7-9-30-13-18(14-30)36-2/h3-6,15,17-18,20H,7-14H2,1-2H3,(H,27,34)/t17?,20-,24?,32?,33?/m0/s1. The number of halogens is 1. The molecule has 5 atom stereocenters. The average Bonchev–Trinajstić information content (AvgIpc) is 3.12. The van der Waals surface area contributed by atoms with Crippen molar-refractivity contribution in [2.75, 3.05) is 40.3 Å². The number of nitrogens with one attached hydrogen (secondary N) is 1. The maximum atomic E-state index is 13.9. The normalized spacial score (nSPS) is 31.6. The number of hydrogen-bond donors (Lipinski definition) is 1. The van der Waals surface area contributed by atoms with Crippen LogP contribution in [-0.4, -0.2) is 111 Å². The van der Waals surface area contributed by atoms with Crippen molar-refractivity contribution in [1.82, 2.24) is 39.9 Å². The molecule has 0 saturated carbocycles. The van der Waals surface area contributed by atoms with E-state index in [0.717, 1.165) is 32.5 Å². The van der Waals surface area contributed by atoms with Gasteiger partial charge in [-0.2, -0.15) is 10.0 Å². The van der Waals surface area contributed by atoms with E-state index in [-0.39, 0.29) is 29.9 Å². The summed E-state index contributed by atoms with van der Waals surface area (Å²) in [6.45, 7) is 3.89. The first-order chi connectivity index (χ1) is 17.4. The van der Waals surface area contributed by atoms with Gasteiger partial charge in [0.1, 0.15) is 18.2 Å². The highest BCUT2D eigenvalue weighted by Crippen LogP contribution is 2.58. The molecule has 11 nitrogen and oxygen atoms in total. The quantitative estimate of drug-likeness (QED) is 0.512. The lowest BCUT2D eigenvalue weighted by molar-refractivity contribution is -0.139. The summed E-state index contributed by atoms with van der Waals surface area (Å²) in [5.74, 6) is -1.34. The molecule has 0 aliphatic carbocycles. The van der Waals surface area contributed by atoms with Crippen molar-refractivity contribution in [3.05, 3.63) is 47.8 Å². The minimum atomic E-state index is -0.642. The molecule has 1 spiro atoms. The highest BCUT2D eigenvalue weighted by molar-refractivity contribution is 5.95. The lowest BCUT2D eigenvalue weighted by Gasteiger charge is -2.42. The largest absolute Gasteiger partial charge is 0.379 e. The van der Waals surface area contributed by atoms with E-state index in [1.807, 2.05) is 7.05 Å². The Labute approximate surface area is 208 Å². The first-order valence-corrected chi connectivity index (χ1v) is 12.4. The summed E-state index contributed by atoms with van der Waals surface area (Å²) in [4.78, 5) is 34.3. The Morgan fingerprint density at radius 1 is 1.31 bits per heavy atom. The van der Waals surface area contributed by atoms with Crippen molar-refractivity contribution < 1.29 is 18.7 Å². The number of carbonyl (C=O) groups is 2. The van der Waals surface area contributed by atoms with Crippen LogP contribution in [0.3, 0.4) is 0 Å². The number of methoxy groups -OCH3 is 1. The van der Waals surface area contributed by atoms with Crippen LogP contribution in [0.25, 0.3) is 0 Å². The molecule has 4 saturated heterocycles. The minimum Gasteiger partial charge on any atom is -0.379 e. The number of likely N-dealkylation sites (tertiary alicyclic amines) is 1. The Balaban J connectivity index is 1.03. The molecule has 1 aromatic heterocycles. The van der Waals surface area contributed by atoms with Crippen LogP contribution in [0.1, 0.15) is 35.4 Å². The van der Waals surface area contributed by atoms with Crippen molar-refractivity contribution in [3.63, 3.8) is 0 Å². The van der Waals surface area contributed by atoms with Crippen molar-refractivity contribution in [2.24, 2.45) is 0 Å². The third-order valence-corrected chi connectivity index (χ3v) is 8.02. The van der Waals surface area contributed by atoms with Gasteiger partial charge in [0.2, 0.25) is 11.7 Å². The van der Waals surface area contributed by atoms with Crippen molar-refractivity contribution >= 4 is 11.8 Å². The fraction of sp³-hybridized carbons (Fsp3) is 0.583. The fourth-order valence-electron chi connectivity index (χ4n) is 5.86. The zero-order valence-electron chi connectivity index (χ0n) is 20.5. The summed E-state index contributed by atoms with van der Waals surface area (Å²) < 4.78 is 20.7. The smallest absolute Gasteiger partial charge is 0.291 e. The Bertz CT molecular complexity index is 1170. The van der Waals surface area contributed by atoms with Crippen molar-refractivity contribution in [2.45, 2.75) is 49.8 Å². The molecule has 4 fully saturated rings. The van der Waals surface area contributed by atoms with Crippen LogP contribution >= 0.6 is 0 Å². The molecule has 4 aliphatic rings. The Kier molecular flexibility index (Phi) is 5.78. The van der Waals surface area contributed by atoms with Gasteiger partial charge in [-0.1, -0.05) is 18.2 Å². The predicted molar refractivity (Wildman–Crippen MR) is 126 cm³/mol. The lowest BCUT2D eigenvalue weighted by atomic mass is 9.96. The molecule has 5 heterocycles. The summed E-state index contributed by atoms with van der Waals surface area (Å²) in [7, 11) is 3.57. The van der Waals surface area contributed by atoms with Gasteiger partial charge in [0.25, 0.3) is 5.91 Å². The van der Waals surface area contributed by atoms with Gasteiger partial charge in [0.15, 0.2) is 5.79 Å². The van der Waals surface area contributed by atoms with Crippen LogP contribution in [0, 0.1) is 5.82 Å². The Morgan fingerprint density at radius 3 is 2.89 bits per heavy atom. The van der Waals surface area contributed by atoms with Crippen LogP contribution in [0.4, 0.5) is 4.39 Å². The summed E-state index contributed by atoms with van der Waals surface area (Å²) >= 11 is 0. The van der Waals surface area contributed by atoms with Gasteiger partial charge in [0.05, 0.1) is 12.6 Å². The third kappa shape index (κ3) is 3.79. The number of benzene rings is 1. The number of ether oxygens (including phenoxy) is 1.